The van der Waals surface area contributed by atoms with Crippen molar-refractivity contribution in [2.24, 2.45) is 0 Å². The maximum atomic E-state index is 14.3. The zero-order valence-electron chi connectivity index (χ0n) is 17.5. The number of para-hydroxylation sites is 2. The zero-order valence-corrected chi connectivity index (χ0v) is 17.5. The summed E-state index contributed by atoms with van der Waals surface area (Å²) >= 11 is 0. The largest absolute Gasteiger partial charge is 0.394 e. The minimum atomic E-state index is -0.645. The highest BCUT2D eigenvalue weighted by Crippen LogP contribution is 2.48. The van der Waals surface area contributed by atoms with Gasteiger partial charge in [-0.25, -0.2) is 13.6 Å². The number of hydrogen-bond acceptors (Lipinski definition) is 3. The fourth-order valence-electron chi connectivity index (χ4n) is 4.88. The lowest BCUT2D eigenvalue weighted by atomic mass is 9.71. The Hall–Kier alpha value is -3.78. The van der Waals surface area contributed by atoms with E-state index in [1.54, 1.807) is 24.3 Å². The van der Waals surface area contributed by atoms with Gasteiger partial charge >= 0.3 is 6.03 Å². The third kappa shape index (κ3) is 3.43. The van der Waals surface area contributed by atoms with E-state index in [1.807, 2.05) is 12.1 Å². The van der Waals surface area contributed by atoms with Crippen molar-refractivity contribution < 1.29 is 23.5 Å². The minimum absolute atomic E-state index is 0.0447. The van der Waals surface area contributed by atoms with Gasteiger partial charge in [-0.05, 0) is 35.9 Å². The number of rotatable bonds is 3. The highest BCUT2D eigenvalue weighted by atomic mass is 19.1. The lowest BCUT2D eigenvalue weighted by Crippen LogP contribution is -2.71. The number of nitrogens with one attached hydrogen (secondary N) is 1. The van der Waals surface area contributed by atoms with E-state index in [1.165, 1.54) is 46.2 Å². The quantitative estimate of drug-likeness (QED) is 0.635. The fourth-order valence-corrected chi connectivity index (χ4v) is 4.88. The number of hydrogen-bond donors (Lipinski definition) is 2. The van der Waals surface area contributed by atoms with Crippen LogP contribution in [0.1, 0.15) is 21.8 Å². The highest BCUT2D eigenvalue weighted by molar-refractivity contribution is 6.03. The van der Waals surface area contributed by atoms with Crippen LogP contribution in [0.5, 0.6) is 0 Å². The van der Waals surface area contributed by atoms with Crippen LogP contribution in [0.3, 0.4) is 0 Å². The smallest absolute Gasteiger partial charge is 0.326 e. The number of fused-ring (bicyclic) bond motifs is 3. The summed E-state index contributed by atoms with van der Waals surface area (Å²) in [4.78, 5) is 29.3. The molecule has 2 N–H and O–H groups in total. The van der Waals surface area contributed by atoms with Crippen LogP contribution in [0, 0.1) is 11.6 Å². The number of aliphatic hydroxyl groups is 1. The Morgan fingerprint density at radius 3 is 2.33 bits per heavy atom. The average molecular weight is 449 g/mol. The van der Waals surface area contributed by atoms with Crippen molar-refractivity contribution in [3.8, 4) is 0 Å². The van der Waals surface area contributed by atoms with Crippen molar-refractivity contribution >= 4 is 23.3 Å². The van der Waals surface area contributed by atoms with Gasteiger partial charge in [0.2, 0.25) is 0 Å². The molecular formula is C25H21F2N3O3. The molecule has 2 aliphatic heterocycles. The number of anilines is 2. The number of nitrogens with zero attached hydrogens (tertiary/aromatic N) is 2. The monoisotopic (exact) mass is 449 g/mol. The normalized spacial score (nSPS) is 21.0. The second-order valence-corrected chi connectivity index (χ2v) is 8.11. The van der Waals surface area contributed by atoms with E-state index >= 15 is 0 Å². The Balaban J connectivity index is 1.49. The number of urea groups is 1. The topological polar surface area (TPSA) is 72.9 Å². The fraction of sp³-hybridized carbons (Fsp3) is 0.200. The molecule has 2 heterocycles. The maximum Gasteiger partial charge on any atom is 0.326 e. The predicted octanol–water partition coefficient (Wildman–Crippen LogP) is 3.99. The van der Waals surface area contributed by atoms with Crippen molar-refractivity contribution in [1.29, 1.82) is 0 Å². The molecule has 2 aliphatic rings. The molecule has 1 saturated heterocycles. The summed E-state index contributed by atoms with van der Waals surface area (Å²) < 4.78 is 28.4. The van der Waals surface area contributed by atoms with Gasteiger partial charge in [0, 0.05) is 18.2 Å². The van der Waals surface area contributed by atoms with E-state index in [-0.39, 0.29) is 30.3 Å². The number of carbonyl (C=O) groups is 2. The van der Waals surface area contributed by atoms with Crippen molar-refractivity contribution in [2.75, 3.05) is 23.4 Å². The lowest BCUT2D eigenvalue weighted by molar-refractivity contribution is -0.0244. The maximum absolute atomic E-state index is 14.3. The molecule has 3 atom stereocenters. The van der Waals surface area contributed by atoms with E-state index in [0.717, 1.165) is 5.56 Å². The van der Waals surface area contributed by atoms with Gasteiger partial charge < -0.3 is 15.3 Å². The van der Waals surface area contributed by atoms with Gasteiger partial charge in [0.05, 0.1) is 29.9 Å². The van der Waals surface area contributed by atoms with E-state index in [2.05, 4.69) is 5.32 Å². The Labute approximate surface area is 189 Å². The van der Waals surface area contributed by atoms with Crippen molar-refractivity contribution in [3.63, 3.8) is 0 Å². The Morgan fingerprint density at radius 1 is 0.939 bits per heavy atom. The van der Waals surface area contributed by atoms with Gasteiger partial charge in [-0.1, -0.05) is 42.5 Å². The molecule has 5 rings (SSSR count). The van der Waals surface area contributed by atoms with Crippen LogP contribution in [0.2, 0.25) is 0 Å². The van der Waals surface area contributed by atoms with Gasteiger partial charge in [-0.2, -0.15) is 0 Å². The van der Waals surface area contributed by atoms with Crippen molar-refractivity contribution in [3.05, 3.63) is 95.6 Å². The van der Waals surface area contributed by atoms with Gasteiger partial charge in [0.15, 0.2) is 0 Å². The summed E-state index contributed by atoms with van der Waals surface area (Å²) in [5.74, 6) is -1.95. The molecule has 168 valence electrons. The first-order valence-electron chi connectivity index (χ1n) is 10.6. The third-order valence-corrected chi connectivity index (χ3v) is 6.39. The van der Waals surface area contributed by atoms with Crippen molar-refractivity contribution in [1.82, 2.24) is 4.90 Å². The van der Waals surface area contributed by atoms with Crippen LogP contribution in [-0.2, 0) is 0 Å². The molecule has 0 saturated carbocycles. The second-order valence-electron chi connectivity index (χ2n) is 8.11. The molecule has 0 bridgehead atoms. The molecule has 3 aromatic rings. The van der Waals surface area contributed by atoms with E-state index in [0.29, 0.717) is 5.69 Å². The number of amides is 3. The molecule has 33 heavy (non-hydrogen) atoms. The van der Waals surface area contributed by atoms with Crippen LogP contribution in [0.25, 0.3) is 0 Å². The van der Waals surface area contributed by atoms with Gasteiger partial charge in [0.25, 0.3) is 5.91 Å². The molecule has 0 spiro atoms. The summed E-state index contributed by atoms with van der Waals surface area (Å²) in [5, 5.41) is 12.7. The first kappa shape index (κ1) is 21.1. The first-order chi connectivity index (χ1) is 16.0. The van der Waals surface area contributed by atoms with Crippen LogP contribution >= 0.6 is 0 Å². The molecule has 1 fully saturated rings. The number of aliphatic hydroxyl groups excluding tert-OH is 1. The minimum Gasteiger partial charge on any atom is -0.394 e. The zero-order chi connectivity index (χ0) is 23.1. The molecule has 6 nitrogen and oxygen atoms in total. The van der Waals surface area contributed by atoms with Crippen LogP contribution in [0.15, 0.2) is 72.8 Å². The summed E-state index contributed by atoms with van der Waals surface area (Å²) in [6, 6.07) is 17.2. The van der Waals surface area contributed by atoms with Gasteiger partial charge in [0.1, 0.15) is 11.6 Å². The highest BCUT2D eigenvalue weighted by Gasteiger charge is 2.55. The average Bonchev–Trinajstić information content (AvgIpc) is 2.81. The summed E-state index contributed by atoms with van der Waals surface area (Å²) in [7, 11) is 0. The summed E-state index contributed by atoms with van der Waals surface area (Å²) in [6.07, 6.45) is 0. The molecular weight excluding hydrogens is 428 g/mol. The number of likely N-dealkylation sites (tertiary alicyclic amines) is 1. The standard InChI is InChI=1S/C25H21F2N3O3/c26-17-9-3-1-7-15(17)24(32)30-21-13-29(25(33)28-19-11-5-4-10-18(19)27)20-12-6-2-8-16(20)23(21)22(30)14-31/h1-12,21-23,31H,13-14H2,(H,28,33)/t21-,22-,23+/m0/s1. The third-order valence-electron chi connectivity index (χ3n) is 6.39. The molecule has 8 heteroatoms. The molecule has 0 unspecified atom stereocenters. The second kappa shape index (κ2) is 8.29. The van der Waals surface area contributed by atoms with E-state index < -0.39 is 35.7 Å². The van der Waals surface area contributed by atoms with E-state index in [4.69, 9.17) is 0 Å². The Morgan fingerprint density at radius 2 is 1.61 bits per heavy atom. The molecule has 3 amide bonds. The van der Waals surface area contributed by atoms with Crippen LogP contribution < -0.4 is 10.2 Å². The van der Waals surface area contributed by atoms with Crippen LogP contribution in [0.4, 0.5) is 25.0 Å². The molecule has 0 aliphatic carbocycles. The molecule has 0 radical (unpaired) electrons. The van der Waals surface area contributed by atoms with Crippen molar-refractivity contribution in [2.45, 2.75) is 18.0 Å². The molecule has 0 aromatic heterocycles. The number of benzene rings is 3. The number of carbonyl (C=O) groups excluding carboxylic acids is 2. The summed E-state index contributed by atoms with van der Waals surface area (Å²) in [5.41, 5.74) is 1.39. The van der Waals surface area contributed by atoms with E-state index in [9.17, 15) is 23.5 Å². The predicted molar refractivity (Wildman–Crippen MR) is 119 cm³/mol. The first-order valence-corrected chi connectivity index (χ1v) is 10.6. The molecule has 3 aromatic carbocycles. The lowest BCUT2D eigenvalue weighted by Gasteiger charge is -2.58. The van der Waals surface area contributed by atoms with Gasteiger partial charge in [-0.3, -0.25) is 9.69 Å². The summed E-state index contributed by atoms with van der Waals surface area (Å²) in [6.45, 7) is -0.171. The number of halogens is 2. The van der Waals surface area contributed by atoms with Crippen LogP contribution in [-0.4, -0.2) is 47.2 Å². The SMILES string of the molecule is O=C(Nc1ccccc1F)N1C[C@H]2[C@@H](c3ccccc31)[C@H](CO)N2C(=O)c1ccccc1F. The van der Waals surface area contributed by atoms with Gasteiger partial charge in [-0.15, -0.1) is 0 Å². The Bertz CT molecular complexity index is 1230. The Kier molecular flexibility index (Phi) is 5.30.